The molecule has 0 radical (unpaired) electrons. The van der Waals surface area contributed by atoms with E-state index >= 15 is 0 Å². The number of urea groups is 2. The Morgan fingerprint density at radius 1 is 0.609 bits per heavy atom. The number of carbonyl (C=O) groups excluding carboxylic acids is 2. The molecular formula is C52H46FN9O2. The van der Waals surface area contributed by atoms with E-state index in [1.807, 2.05) is 83.8 Å². The highest BCUT2D eigenvalue weighted by molar-refractivity contribution is 5.91. The molecule has 3 aliphatic rings. The fourth-order valence-electron chi connectivity index (χ4n) is 8.81. The fourth-order valence-corrected chi connectivity index (χ4v) is 8.81. The van der Waals surface area contributed by atoms with E-state index in [1.54, 1.807) is 24.1 Å². The van der Waals surface area contributed by atoms with Gasteiger partial charge in [-0.2, -0.15) is 10.2 Å². The second kappa shape index (κ2) is 17.4. The number of anilines is 3. The lowest BCUT2D eigenvalue weighted by atomic mass is 10.1. The highest BCUT2D eigenvalue weighted by Gasteiger charge is 2.27. The summed E-state index contributed by atoms with van der Waals surface area (Å²) in [6.45, 7) is 3.21. The van der Waals surface area contributed by atoms with Gasteiger partial charge in [-0.1, -0.05) is 103 Å². The van der Waals surface area contributed by atoms with Crippen LogP contribution in [0.2, 0.25) is 0 Å². The van der Waals surface area contributed by atoms with Crippen LogP contribution in [0, 0.1) is 5.82 Å². The Bertz CT molecular complexity index is 2940. The molecule has 2 aromatic heterocycles. The van der Waals surface area contributed by atoms with Crippen molar-refractivity contribution >= 4 is 29.1 Å². The van der Waals surface area contributed by atoms with Crippen LogP contribution in [-0.4, -0.2) is 75.5 Å². The van der Waals surface area contributed by atoms with E-state index in [0.717, 1.165) is 69.4 Å². The molecule has 11 nitrogen and oxygen atoms in total. The Hall–Kier alpha value is -7.99. The number of H-pyrrole nitrogens is 2. The minimum atomic E-state index is -0.241. The average Bonchev–Trinajstić information content (AvgIpc) is 4.12. The maximum Gasteiger partial charge on any atom is 0.321 e. The molecule has 4 amide bonds. The Balaban J connectivity index is 0.000000153. The lowest BCUT2D eigenvalue weighted by Gasteiger charge is -2.36. The molecule has 0 atom stereocenters. The number of nitrogens with zero attached hydrogens (tertiary/aromatic N) is 5. The van der Waals surface area contributed by atoms with Crippen LogP contribution in [0.4, 0.5) is 31.0 Å². The van der Waals surface area contributed by atoms with Crippen LogP contribution < -0.4 is 15.5 Å². The van der Waals surface area contributed by atoms with Gasteiger partial charge in [0.05, 0.1) is 22.8 Å². The monoisotopic (exact) mass is 847 g/mol. The van der Waals surface area contributed by atoms with Crippen molar-refractivity contribution in [3.63, 3.8) is 0 Å². The Labute approximate surface area is 370 Å². The van der Waals surface area contributed by atoms with Crippen LogP contribution in [0.5, 0.6) is 0 Å². The molecule has 0 spiro atoms. The van der Waals surface area contributed by atoms with E-state index < -0.39 is 0 Å². The van der Waals surface area contributed by atoms with E-state index in [2.05, 4.69) is 84.5 Å². The fraction of sp³-hybridized carbons (Fsp3) is 0.154. The topological polar surface area (TPSA) is 125 Å². The van der Waals surface area contributed by atoms with Crippen LogP contribution in [0.3, 0.4) is 0 Å². The molecule has 1 fully saturated rings. The number of aromatic amines is 2. The van der Waals surface area contributed by atoms with Gasteiger partial charge in [-0.3, -0.25) is 10.2 Å². The number of halogens is 1. The third-order valence-corrected chi connectivity index (χ3v) is 12.2. The highest BCUT2D eigenvalue weighted by Crippen LogP contribution is 2.41. The standard InChI is InChI=1S/C27H24FN5O.C25H22N4O/c28-20-7-11-22(12-8-20)32-13-15-33(16-14-32)27(34)29-21-9-5-18(6-10-21)25-24-17-19-3-1-2-4-23(19)26(24)31-30-25;1-29(16-17-7-3-2-4-8-17)25(30)26-20-13-11-18(12-14-20)23-22-15-19-9-5-6-10-21(19)24(22)28-27-23/h1-12H,13-17H2,(H,29,34)(H,30,31);2-14H,15-16H2,1H3,(H,26,30)(H,27,28). The summed E-state index contributed by atoms with van der Waals surface area (Å²) in [4.78, 5) is 30.9. The van der Waals surface area contributed by atoms with Crippen molar-refractivity contribution in [3.8, 4) is 45.0 Å². The first-order valence-electron chi connectivity index (χ1n) is 21.5. The van der Waals surface area contributed by atoms with Gasteiger partial charge in [0.15, 0.2) is 0 Å². The number of carbonyl (C=O) groups is 2. The van der Waals surface area contributed by atoms with Crippen molar-refractivity contribution in [1.82, 2.24) is 30.2 Å². The van der Waals surface area contributed by atoms with Crippen molar-refractivity contribution in [2.45, 2.75) is 19.4 Å². The largest absolute Gasteiger partial charge is 0.368 e. The van der Waals surface area contributed by atoms with Crippen molar-refractivity contribution in [1.29, 1.82) is 0 Å². The minimum absolute atomic E-state index is 0.109. The molecule has 11 rings (SSSR count). The molecule has 8 aromatic rings. The second-order valence-corrected chi connectivity index (χ2v) is 16.3. The molecule has 0 bridgehead atoms. The van der Waals surface area contributed by atoms with Crippen molar-refractivity contribution < 1.29 is 14.0 Å². The smallest absolute Gasteiger partial charge is 0.321 e. The van der Waals surface area contributed by atoms with Gasteiger partial charge in [0, 0.05) is 103 Å². The molecule has 0 unspecified atom stereocenters. The first-order chi connectivity index (χ1) is 31.3. The van der Waals surface area contributed by atoms with Crippen LogP contribution in [0.25, 0.3) is 45.0 Å². The zero-order valence-corrected chi connectivity index (χ0v) is 35.3. The van der Waals surface area contributed by atoms with E-state index in [-0.39, 0.29) is 17.9 Å². The number of fused-ring (bicyclic) bond motifs is 6. The molecule has 2 aliphatic carbocycles. The molecule has 1 aliphatic heterocycles. The van der Waals surface area contributed by atoms with E-state index in [4.69, 9.17) is 0 Å². The van der Waals surface area contributed by atoms with Gasteiger partial charge in [-0.05, 0) is 65.2 Å². The zero-order chi connectivity index (χ0) is 43.6. The maximum absolute atomic E-state index is 13.2. The van der Waals surface area contributed by atoms with Gasteiger partial charge in [-0.15, -0.1) is 0 Å². The molecular weight excluding hydrogens is 802 g/mol. The zero-order valence-electron chi connectivity index (χ0n) is 35.3. The van der Waals surface area contributed by atoms with Gasteiger partial charge in [0.2, 0.25) is 0 Å². The minimum Gasteiger partial charge on any atom is -0.368 e. The summed E-state index contributed by atoms with van der Waals surface area (Å²) < 4.78 is 13.2. The predicted molar refractivity (Wildman–Crippen MR) is 251 cm³/mol. The molecule has 4 N–H and O–H groups in total. The Morgan fingerprint density at radius 3 is 1.66 bits per heavy atom. The summed E-state index contributed by atoms with van der Waals surface area (Å²) in [5, 5.41) is 21.5. The third-order valence-electron chi connectivity index (χ3n) is 12.2. The van der Waals surface area contributed by atoms with E-state index in [9.17, 15) is 14.0 Å². The van der Waals surface area contributed by atoms with Crippen LogP contribution in [0.1, 0.15) is 27.8 Å². The number of nitrogens with one attached hydrogen (secondary N) is 4. The maximum atomic E-state index is 13.2. The number of rotatable bonds is 7. The summed E-state index contributed by atoms with van der Waals surface area (Å²) >= 11 is 0. The molecule has 64 heavy (non-hydrogen) atoms. The number of piperazine rings is 1. The molecule has 0 saturated carbocycles. The summed E-state index contributed by atoms with van der Waals surface area (Å²) in [5.41, 5.74) is 17.3. The van der Waals surface area contributed by atoms with Crippen molar-refractivity contribution in [3.05, 3.63) is 185 Å². The van der Waals surface area contributed by atoms with Gasteiger partial charge >= 0.3 is 12.1 Å². The lowest BCUT2D eigenvalue weighted by molar-refractivity contribution is 0.208. The average molecular weight is 848 g/mol. The van der Waals surface area contributed by atoms with E-state index in [0.29, 0.717) is 32.7 Å². The summed E-state index contributed by atoms with van der Waals surface area (Å²) in [6, 6.07) is 48.7. The number of aromatic nitrogens is 4. The quantitative estimate of drug-likeness (QED) is 0.127. The summed E-state index contributed by atoms with van der Waals surface area (Å²) in [7, 11) is 1.79. The SMILES string of the molecule is CN(Cc1ccccc1)C(=O)Nc1ccc(-c2n[nH]c3c2Cc2ccccc2-3)cc1.O=C(Nc1ccc(-c2n[nH]c3c2Cc2ccccc2-3)cc1)N1CCN(c2ccc(F)cc2)CC1. The van der Waals surface area contributed by atoms with Gasteiger partial charge in [-0.25, -0.2) is 14.0 Å². The normalized spacial score (nSPS) is 13.2. The number of hydrogen-bond acceptors (Lipinski definition) is 5. The molecule has 318 valence electrons. The van der Waals surface area contributed by atoms with Crippen LogP contribution in [0.15, 0.2) is 152 Å². The van der Waals surface area contributed by atoms with Gasteiger partial charge < -0.3 is 25.3 Å². The van der Waals surface area contributed by atoms with Gasteiger partial charge in [0.1, 0.15) is 5.82 Å². The number of hydrogen-bond donors (Lipinski definition) is 4. The number of benzene rings is 6. The summed E-state index contributed by atoms with van der Waals surface area (Å²) in [6.07, 6.45) is 1.76. The molecule has 6 aromatic carbocycles. The van der Waals surface area contributed by atoms with Crippen molar-refractivity contribution in [2.75, 3.05) is 48.8 Å². The first kappa shape index (κ1) is 40.1. The highest BCUT2D eigenvalue weighted by atomic mass is 19.1. The third kappa shape index (κ3) is 8.20. The van der Waals surface area contributed by atoms with Crippen molar-refractivity contribution in [2.24, 2.45) is 0 Å². The van der Waals surface area contributed by atoms with Gasteiger partial charge in [0.25, 0.3) is 0 Å². The molecule has 1 saturated heterocycles. The summed E-state index contributed by atoms with van der Waals surface area (Å²) in [5.74, 6) is -0.241. The lowest BCUT2D eigenvalue weighted by Crippen LogP contribution is -2.50. The Morgan fingerprint density at radius 2 is 1.11 bits per heavy atom. The van der Waals surface area contributed by atoms with E-state index in [1.165, 1.54) is 45.5 Å². The predicted octanol–water partition coefficient (Wildman–Crippen LogP) is 10.5. The Kier molecular flexibility index (Phi) is 10.9. The molecule has 12 heteroatoms. The van der Waals surface area contributed by atoms with Crippen LogP contribution >= 0.6 is 0 Å². The molecule has 3 heterocycles. The second-order valence-electron chi connectivity index (χ2n) is 16.3. The van der Waals surface area contributed by atoms with Crippen LogP contribution in [-0.2, 0) is 19.4 Å². The first-order valence-corrected chi connectivity index (χ1v) is 21.5. The number of amides is 4.